The van der Waals surface area contributed by atoms with Crippen molar-refractivity contribution < 1.29 is 24.3 Å². The van der Waals surface area contributed by atoms with Gasteiger partial charge in [0.2, 0.25) is 5.82 Å². The molecular weight excluding hydrogens is 598 g/mol. The Morgan fingerprint density at radius 2 is 1.73 bits per heavy atom. The Bertz CT molecular complexity index is 1450. The third-order valence-electron chi connectivity index (χ3n) is 7.73. The average molecular weight is 642 g/mol. The third-order valence-corrected chi connectivity index (χ3v) is 8.09. The van der Waals surface area contributed by atoms with Crippen LogP contribution in [-0.2, 0) is 22.6 Å². The number of rotatable bonds is 12. The molecule has 0 unspecified atom stereocenters. The van der Waals surface area contributed by atoms with Crippen molar-refractivity contribution in [3.63, 3.8) is 0 Å². The number of carboxylic acids is 2. The summed E-state index contributed by atoms with van der Waals surface area (Å²) in [6, 6.07) is 13.2. The lowest BCUT2D eigenvalue weighted by atomic mass is 9.80. The van der Waals surface area contributed by atoms with Gasteiger partial charge in [-0.25, -0.2) is 0 Å². The van der Waals surface area contributed by atoms with Crippen molar-refractivity contribution in [2.75, 3.05) is 19.6 Å². The third kappa shape index (κ3) is 10.8. The predicted octanol–water partition coefficient (Wildman–Crippen LogP) is 4.39. The number of nitrogens with two attached hydrogens (primary N) is 3. The SMILES string of the molecule is CC(C)Cc1ccc(-c2nc(-c3ccc(CN4CCC(C)(C(=O)O)CC4)cc3)no2)cc1Cl.NC(N)=NCCC[C@H](N)C(=O)O. The van der Waals surface area contributed by atoms with Gasteiger partial charge >= 0.3 is 11.9 Å². The first kappa shape index (κ1) is 35.5. The summed E-state index contributed by atoms with van der Waals surface area (Å²) < 4.78 is 5.50. The Morgan fingerprint density at radius 3 is 2.29 bits per heavy atom. The smallest absolute Gasteiger partial charge is 0.320 e. The highest BCUT2D eigenvalue weighted by Gasteiger charge is 2.36. The van der Waals surface area contributed by atoms with Crippen LogP contribution < -0.4 is 17.2 Å². The first-order valence-electron chi connectivity index (χ1n) is 15.0. The minimum absolute atomic E-state index is 0.0129. The molecule has 0 amide bonds. The molecule has 0 radical (unpaired) electrons. The van der Waals surface area contributed by atoms with Crippen LogP contribution in [0, 0.1) is 11.3 Å². The van der Waals surface area contributed by atoms with E-state index in [1.807, 2.05) is 37.3 Å². The number of carbonyl (C=O) groups is 2. The number of hydrogen-bond acceptors (Lipinski definition) is 8. The summed E-state index contributed by atoms with van der Waals surface area (Å²) in [6.45, 7) is 8.98. The van der Waals surface area contributed by atoms with Crippen LogP contribution >= 0.6 is 11.6 Å². The molecule has 0 spiro atoms. The summed E-state index contributed by atoms with van der Waals surface area (Å²) in [5.74, 6) is -0.166. The lowest BCUT2D eigenvalue weighted by Gasteiger charge is -2.36. The molecule has 12 nitrogen and oxygen atoms in total. The first-order valence-corrected chi connectivity index (χ1v) is 15.4. The standard InChI is InChI=1S/C26H30ClN3O3.C6H14N4O2/c1-17(2)14-20-8-9-21(15-22(20)27)24-28-23(29-33-24)19-6-4-18(5-7-19)16-30-12-10-26(3,11-13-30)25(31)32;7-4(5(11)12)2-1-3-10-6(8)9/h4-9,15,17H,10-14,16H2,1-3H3,(H,31,32);4H,1-3,7H2,(H,11,12)(H4,8,9,10)/t;4-/m.0/s1. The van der Waals surface area contributed by atoms with E-state index in [4.69, 9.17) is 38.4 Å². The van der Waals surface area contributed by atoms with Gasteiger partial charge in [-0.2, -0.15) is 4.98 Å². The maximum absolute atomic E-state index is 11.4. The molecule has 1 aliphatic rings. The van der Waals surface area contributed by atoms with Gasteiger partial charge < -0.3 is 31.9 Å². The molecule has 8 N–H and O–H groups in total. The second-order valence-electron chi connectivity index (χ2n) is 12.1. The number of hydrogen-bond donors (Lipinski definition) is 5. The molecule has 1 atom stereocenters. The molecule has 0 aliphatic carbocycles. The van der Waals surface area contributed by atoms with Crippen molar-refractivity contribution in [2.45, 2.75) is 65.5 Å². The highest BCUT2D eigenvalue weighted by molar-refractivity contribution is 6.31. The van der Waals surface area contributed by atoms with Gasteiger partial charge in [0.1, 0.15) is 6.04 Å². The molecule has 0 bridgehead atoms. The van der Waals surface area contributed by atoms with Crippen molar-refractivity contribution in [3.05, 3.63) is 58.6 Å². The number of piperidine rings is 1. The van der Waals surface area contributed by atoms with E-state index in [2.05, 4.69) is 46.0 Å². The zero-order valence-corrected chi connectivity index (χ0v) is 26.8. The summed E-state index contributed by atoms with van der Waals surface area (Å²) in [6.07, 6.45) is 3.23. The van der Waals surface area contributed by atoms with Crippen LogP contribution in [0.3, 0.4) is 0 Å². The molecule has 13 heteroatoms. The van der Waals surface area contributed by atoms with Gasteiger partial charge in [0, 0.05) is 29.2 Å². The molecule has 1 saturated heterocycles. The van der Waals surface area contributed by atoms with E-state index in [9.17, 15) is 14.7 Å². The second kappa shape index (κ2) is 16.4. The van der Waals surface area contributed by atoms with Crippen molar-refractivity contribution in [1.29, 1.82) is 0 Å². The molecular formula is C32H44ClN7O5. The predicted molar refractivity (Wildman–Crippen MR) is 174 cm³/mol. The zero-order chi connectivity index (χ0) is 33.1. The van der Waals surface area contributed by atoms with Crippen LogP contribution in [-0.4, -0.2) is 68.8 Å². The number of aromatic nitrogens is 2. The fraction of sp³-hybridized carbons (Fsp3) is 0.469. The summed E-state index contributed by atoms with van der Waals surface area (Å²) in [7, 11) is 0. The van der Waals surface area contributed by atoms with Gasteiger partial charge in [0.15, 0.2) is 5.96 Å². The highest BCUT2D eigenvalue weighted by atomic mass is 35.5. The molecule has 0 saturated carbocycles. The second-order valence-corrected chi connectivity index (χ2v) is 12.5. The fourth-order valence-corrected chi connectivity index (χ4v) is 5.08. The number of carboxylic acid groups (broad SMARTS) is 2. The summed E-state index contributed by atoms with van der Waals surface area (Å²) >= 11 is 6.45. The number of aliphatic carboxylic acids is 2. The van der Waals surface area contributed by atoms with Gasteiger partial charge in [0.25, 0.3) is 5.89 Å². The van der Waals surface area contributed by atoms with Crippen molar-refractivity contribution in [1.82, 2.24) is 15.0 Å². The normalized spacial score (nSPS) is 15.2. The Kier molecular flexibility index (Phi) is 12.9. The largest absolute Gasteiger partial charge is 0.481 e. The van der Waals surface area contributed by atoms with E-state index in [1.54, 1.807) is 0 Å². The van der Waals surface area contributed by atoms with Crippen LogP contribution in [0.5, 0.6) is 0 Å². The zero-order valence-electron chi connectivity index (χ0n) is 26.1. The maximum atomic E-state index is 11.4. The van der Waals surface area contributed by atoms with Crippen LogP contribution in [0.2, 0.25) is 5.02 Å². The van der Waals surface area contributed by atoms with Gasteiger partial charge in [-0.1, -0.05) is 60.9 Å². The van der Waals surface area contributed by atoms with E-state index in [0.717, 1.165) is 42.7 Å². The number of nitrogens with zero attached hydrogens (tertiary/aromatic N) is 4. The van der Waals surface area contributed by atoms with E-state index in [-0.39, 0.29) is 5.96 Å². The molecule has 4 rings (SSSR count). The lowest BCUT2D eigenvalue weighted by molar-refractivity contribution is -0.150. The van der Waals surface area contributed by atoms with Crippen molar-refractivity contribution in [3.8, 4) is 22.8 Å². The van der Waals surface area contributed by atoms with Gasteiger partial charge in [-0.3, -0.25) is 19.5 Å². The van der Waals surface area contributed by atoms with Crippen molar-refractivity contribution >= 4 is 29.5 Å². The molecule has 1 fully saturated rings. The quantitative estimate of drug-likeness (QED) is 0.106. The topological polar surface area (TPSA) is 207 Å². The van der Waals surface area contributed by atoms with E-state index in [0.29, 0.717) is 54.9 Å². The Morgan fingerprint density at radius 1 is 1.09 bits per heavy atom. The monoisotopic (exact) mass is 641 g/mol. The summed E-state index contributed by atoms with van der Waals surface area (Å²) in [5, 5.41) is 22.6. The first-order chi connectivity index (χ1) is 21.3. The fourth-order valence-electron chi connectivity index (χ4n) is 4.82. The molecule has 1 aliphatic heterocycles. The van der Waals surface area contributed by atoms with E-state index < -0.39 is 23.4 Å². The van der Waals surface area contributed by atoms with Crippen LogP contribution in [0.25, 0.3) is 22.8 Å². The minimum Gasteiger partial charge on any atom is -0.481 e. The lowest BCUT2D eigenvalue weighted by Crippen LogP contribution is -2.42. The Hall–Kier alpha value is -4.00. The maximum Gasteiger partial charge on any atom is 0.320 e. The number of guanidine groups is 1. The Labute approximate surface area is 268 Å². The molecule has 45 heavy (non-hydrogen) atoms. The van der Waals surface area contributed by atoms with Gasteiger partial charge in [-0.05, 0) is 81.3 Å². The van der Waals surface area contributed by atoms with Crippen molar-refractivity contribution in [2.24, 2.45) is 33.5 Å². The van der Waals surface area contributed by atoms with Gasteiger partial charge in [-0.15, -0.1) is 0 Å². The molecule has 244 valence electrons. The summed E-state index contributed by atoms with van der Waals surface area (Å²) in [4.78, 5) is 32.2. The number of benzene rings is 2. The van der Waals surface area contributed by atoms with E-state index in [1.165, 1.54) is 5.56 Å². The molecule has 3 aromatic rings. The number of aliphatic imine (C=N–C) groups is 1. The summed E-state index contributed by atoms with van der Waals surface area (Å²) in [5.41, 5.74) is 18.7. The van der Waals surface area contributed by atoms with Crippen LogP contribution in [0.1, 0.15) is 57.6 Å². The molecule has 1 aromatic heterocycles. The van der Waals surface area contributed by atoms with Gasteiger partial charge in [0.05, 0.1) is 5.41 Å². The van der Waals surface area contributed by atoms with Crippen LogP contribution in [0.15, 0.2) is 52.0 Å². The minimum atomic E-state index is -1.00. The molecule has 2 heterocycles. The van der Waals surface area contributed by atoms with Crippen LogP contribution in [0.4, 0.5) is 0 Å². The molecule has 2 aromatic carbocycles. The average Bonchev–Trinajstić information content (AvgIpc) is 3.48. The Balaban J connectivity index is 0.000000392. The number of halogens is 1. The van der Waals surface area contributed by atoms with E-state index >= 15 is 0 Å². The number of likely N-dealkylation sites (tertiary alicyclic amines) is 1. The highest BCUT2D eigenvalue weighted by Crippen LogP contribution is 2.32.